The molecule has 1 unspecified atom stereocenters. The van der Waals surface area contributed by atoms with Crippen LogP contribution in [0, 0.1) is 16.0 Å². The van der Waals surface area contributed by atoms with Crippen LogP contribution in [-0.4, -0.2) is 35.6 Å². The van der Waals surface area contributed by atoms with E-state index in [-0.39, 0.29) is 10.6 Å². The Kier molecular flexibility index (Phi) is 5.52. The number of nitrogens with zero attached hydrogens (tertiary/aromatic N) is 3. The van der Waals surface area contributed by atoms with Gasteiger partial charge in [0.2, 0.25) is 5.82 Å². The number of pyridine rings is 1. The molecule has 1 fully saturated rings. The summed E-state index contributed by atoms with van der Waals surface area (Å²) in [6, 6.07) is 1.98. The van der Waals surface area contributed by atoms with Gasteiger partial charge >= 0.3 is 5.69 Å². The van der Waals surface area contributed by atoms with Crippen molar-refractivity contribution in [3.05, 3.63) is 26.9 Å². The lowest BCUT2D eigenvalue weighted by Gasteiger charge is -2.33. The van der Waals surface area contributed by atoms with Gasteiger partial charge in [0.25, 0.3) is 0 Å². The number of nitro groups is 1. The molecule has 0 radical (unpaired) electrons. The highest BCUT2D eigenvalue weighted by atomic mass is 79.9. The summed E-state index contributed by atoms with van der Waals surface area (Å²) in [5.41, 5.74) is 0.0712. The zero-order valence-electron chi connectivity index (χ0n) is 12.4. The van der Waals surface area contributed by atoms with E-state index in [1.165, 1.54) is 6.07 Å². The molecule has 21 heavy (non-hydrogen) atoms. The molecule has 1 aromatic heterocycles. The standard InChI is InChI=1S/C14H21BrN4O2/c1-10(2)16-7-11-4-3-5-18(9-11)14-13(19(20)21)6-12(15)8-17-14/h6,8,10-11,16H,3-5,7,9H2,1-2H3. The second kappa shape index (κ2) is 7.17. The van der Waals surface area contributed by atoms with Crippen LogP contribution in [0.2, 0.25) is 0 Å². The Labute approximate surface area is 133 Å². The molecule has 0 bridgehead atoms. The van der Waals surface area contributed by atoms with Gasteiger partial charge in [-0.3, -0.25) is 10.1 Å². The number of nitrogens with one attached hydrogen (secondary N) is 1. The Morgan fingerprint density at radius 1 is 1.62 bits per heavy atom. The molecule has 0 spiro atoms. The fourth-order valence-electron chi connectivity index (χ4n) is 2.63. The van der Waals surface area contributed by atoms with Gasteiger partial charge in [-0.25, -0.2) is 4.98 Å². The van der Waals surface area contributed by atoms with Crippen molar-refractivity contribution in [3.63, 3.8) is 0 Å². The summed E-state index contributed by atoms with van der Waals surface area (Å²) < 4.78 is 0.632. The normalized spacial score (nSPS) is 19.0. The number of halogens is 1. The molecule has 1 aliphatic rings. The van der Waals surface area contributed by atoms with E-state index in [0.29, 0.717) is 22.3 Å². The zero-order chi connectivity index (χ0) is 15.4. The van der Waals surface area contributed by atoms with Crippen LogP contribution in [-0.2, 0) is 0 Å². The maximum absolute atomic E-state index is 11.2. The van der Waals surface area contributed by atoms with Crippen molar-refractivity contribution in [2.75, 3.05) is 24.5 Å². The van der Waals surface area contributed by atoms with Crippen LogP contribution < -0.4 is 10.2 Å². The highest BCUT2D eigenvalue weighted by Gasteiger charge is 2.27. The highest BCUT2D eigenvalue weighted by molar-refractivity contribution is 9.10. The Balaban J connectivity index is 2.12. The molecule has 0 saturated carbocycles. The zero-order valence-corrected chi connectivity index (χ0v) is 14.0. The largest absolute Gasteiger partial charge is 0.351 e. The van der Waals surface area contributed by atoms with Crippen molar-refractivity contribution >= 4 is 27.4 Å². The summed E-state index contributed by atoms with van der Waals surface area (Å²) in [5, 5.41) is 14.7. The minimum atomic E-state index is -0.358. The van der Waals surface area contributed by atoms with Gasteiger partial charge in [0.05, 0.1) is 4.92 Å². The fourth-order valence-corrected chi connectivity index (χ4v) is 2.95. The molecule has 2 rings (SSSR count). The second-order valence-corrected chi connectivity index (χ2v) is 6.69. The average Bonchev–Trinajstić information content (AvgIpc) is 2.45. The minimum Gasteiger partial charge on any atom is -0.351 e. The van der Waals surface area contributed by atoms with E-state index in [9.17, 15) is 10.1 Å². The lowest BCUT2D eigenvalue weighted by molar-refractivity contribution is -0.384. The van der Waals surface area contributed by atoms with Crippen molar-refractivity contribution < 1.29 is 4.92 Å². The molecular formula is C14H21BrN4O2. The van der Waals surface area contributed by atoms with E-state index in [2.05, 4.69) is 40.1 Å². The third kappa shape index (κ3) is 4.38. The molecule has 6 nitrogen and oxygen atoms in total. The molecule has 1 aliphatic heterocycles. The van der Waals surface area contributed by atoms with Gasteiger partial charge in [0, 0.05) is 35.9 Å². The van der Waals surface area contributed by atoms with Gasteiger partial charge in [-0.05, 0) is 41.2 Å². The van der Waals surface area contributed by atoms with E-state index in [1.807, 2.05) is 4.90 Å². The van der Waals surface area contributed by atoms with Gasteiger partial charge in [-0.1, -0.05) is 13.8 Å². The highest BCUT2D eigenvalue weighted by Crippen LogP contribution is 2.31. The molecule has 116 valence electrons. The molecule has 1 aromatic rings. The molecule has 0 aromatic carbocycles. The fraction of sp³-hybridized carbons (Fsp3) is 0.643. The summed E-state index contributed by atoms with van der Waals surface area (Å²) in [4.78, 5) is 17.2. The van der Waals surface area contributed by atoms with Crippen LogP contribution in [0.1, 0.15) is 26.7 Å². The third-order valence-corrected chi connectivity index (χ3v) is 4.08. The third-order valence-electron chi connectivity index (χ3n) is 3.64. The van der Waals surface area contributed by atoms with Gasteiger partial charge < -0.3 is 10.2 Å². The average molecular weight is 357 g/mol. The minimum absolute atomic E-state index is 0.0712. The van der Waals surface area contributed by atoms with Crippen LogP contribution in [0.4, 0.5) is 11.5 Å². The first-order valence-electron chi connectivity index (χ1n) is 7.25. The first-order chi connectivity index (χ1) is 9.97. The van der Waals surface area contributed by atoms with E-state index < -0.39 is 0 Å². The van der Waals surface area contributed by atoms with E-state index in [0.717, 1.165) is 32.5 Å². The summed E-state index contributed by atoms with van der Waals surface area (Å²) in [6.45, 7) is 6.84. The van der Waals surface area contributed by atoms with Crippen LogP contribution in [0.25, 0.3) is 0 Å². The topological polar surface area (TPSA) is 71.3 Å². The van der Waals surface area contributed by atoms with Crippen molar-refractivity contribution in [1.29, 1.82) is 0 Å². The molecule has 0 amide bonds. The molecule has 1 atom stereocenters. The summed E-state index contributed by atoms with van der Waals surface area (Å²) in [6.07, 6.45) is 3.82. The lowest BCUT2D eigenvalue weighted by Crippen LogP contribution is -2.41. The predicted octanol–water partition coefficient (Wildman–Crippen LogP) is 2.97. The molecule has 1 saturated heterocycles. The van der Waals surface area contributed by atoms with Gasteiger partial charge in [-0.2, -0.15) is 0 Å². The Hall–Kier alpha value is -1.21. The summed E-state index contributed by atoms with van der Waals surface area (Å²) in [7, 11) is 0. The summed E-state index contributed by atoms with van der Waals surface area (Å²) in [5.74, 6) is 0.989. The smallest absolute Gasteiger partial charge is 0.312 e. The van der Waals surface area contributed by atoms with Crippen molar-refractivity contribution in [2.24, 2.45) is 5.92 Å². The number of hydrogen-bond donors (Lipinski definition) is 1. The molecular weight excluding hydrogens is 336 g/mol. The van der Waals surface area contributed by atoms with E-state index in [4.69, 9.17) is 0 Å². The number of rotatable bonds is 5. The molecule has 7 heteroatoms. The second-order valence-electron chi connectivity index (χ2n) is 5.77. The lowest BCUT2D eigenvalue weighted by atomic mass is 9.97. The number of piperidine rings is 1. The van der Waals surface area contributed by atoms with Crippen molar-refractivity contribution in [3.8, 4) is 0 Å². The Morgan fingerprint density at radius 2 is 2.38 bits per heavy atom. The van der Waals surface area contributed by atoms with E-state index in [1.54, 1.807) is 6.20 Å². The first-order valence-corrected chi connectivity index (χ1v) is 8.05. The number of aromatic nitrogens is 1. The van der Waals surface area contributed by atoms with Gasteiger partial charge in [-0.15, -0.1) is 0 Å². The van der Waals surface area contributed by atoms with Gasteiger partial charge in [0.15, 0.2) is 0 Å². The number of anilines is 1. The van der Waals surface area contributed by atoms with Crippen LogP contribution >= 0.6 is 15.9 Å². The van der Waals surface area contributed by atoms with Crippen molar-refractivity contribution in [2.45, 2.75) is 32.7 Å². The quantitative estimate of drug-likeness (QED) is 0.648. The molecule has 0 aliphatic carbocycles. The van der Waals surface area contributed by atoms with Crippen LogP contribution in [0.3, 0.4) is 0 Å². The first kappa shape index (κ1) is 16.2. The summed E-state index contributed by atoms with van der Waals surface area (Å²) >= 11 is 3.25. The SMILES string of the molecule is CC(C)NCC1CCCN(c2ncc(Br)cc2[N+](=O)[O-])C1. The van der Waals surface area contributed by atoms with Crippen molar-refractivity contribution in [1.82, 2.24) is 10.3 Å². The van der Waals surface area contributed by atoms with Crippen LogP contribution in [0.15, 0.2) is 16.7 Å². The Morgan fingerprint density at radius 3 is 3.05 bits per heavy atom. The predicted molar refractivity (Wildman–Crippen MR) is 86.7 cm³/mol. The van der Waals surface area contributed by atoms with Crippen LogP contribution in [0.5, 0.6) is 0 Å². The molecule has 1 N–H and O–H groups in total. The maximum atomic E-state index is 11.2. The van der Waals surface area contributed by atoms with Gasteiger partial charge in [0.1, 0.15) is 0 Å². The van der Waals surface area contributed by atoms with E-state index >= 15 is 0 Å². The monoisotopic (exact) mass is 356 g/mol. The maximum Gasteiger partial charge on any atom is 0.312 e. The molecule has 2 heterocycles. The Bertz CT molecular complexity index is 510. The number of hydrogen-bond acceptors (Lipinski definition) is 5.